The monoisotopic (exact) mass is 370 g/mol. The Morgan fingerprint density at radius 2 is 1.85 bits per heavy atom. The molecule has 2 aromatic heterocycles. The zero-order valence-corrected chi connectivity index (χ0v) is 15.9. The maximum Gasteiger partial charge on any atom is 0.241 e. The molecule has 1 fully saturated rings. The molecule has 0 saturated carbocycles. The first-order valence-electron chi connectivity index (χ1n) is 8.91. The molecule has 0 atom stereocenters. The van der Waals surface area contributed by atoms with Crippen molar-refractivity contribution in [3.63, 3.8) is 0 Å². The standard InChI is InChI=1S/C18H22N6OS/c1-3-15-19-18(26-22-15)24-10-8-23(9-11-24)12-16-20-17(21-25-16)14-6-4-13(2)5-7-14/h4-7H,3,8-12H2,1-2H3. The van der Waals surface area contributed by atoms with Gasteiger partial charge in [-0.15, -0.1) is 0 Å². The third-order valence-electron chi connectivity index (χ3n) is 4.55. The van der Waals surface area contributed by atoms with Gasteiger partial charge < -0.3 is 9.42 Å². The van der Waals surface area contributed by atoms with Crippen LogP contribution in [0.25, 0.3) is 11.4 Å². The second-order valence-corrected chi connectivity index (χ2v) is 7.22. The molecule has 1 aliphatic rings. The van der Waals surface area contributed by atoms with Gasteiger partial charge in [0.25, 0.3) is 0 Å². The molecule has 0 bridgehead atoms. The molecule has 3 heterocycles. The quantitative estimate of drug-likeness (QED) is 0.684. The van der Waals surface area contributed by atoms with Crippen molar-refractivity contribution in [2.45, 2.75) is 26.8 Å². The first kappa shape index (κ1) is 17.1. The van der Waals surface area contributed by atoms with Gasteiger partial charge in [-0.2, -0.15) is 9.36 Å². The van der Waals surface area contributed by atoms with E-state index in [1.165, 1.54) is 17.1 Å². The highest BCUT2D eigenvalue weighted by Gasteiger charge is 2.21. The van der Waals surface area contributed by atoms with Crippen LogP contribution < -0.4 is 4.90 Å². The average Bonchev–Trinajstić information content (AvgIpc) is 3.33. The summed E-state index contributed by atoms with van der Waals surface area (Å²) in [5.41, 5.74) is 2.20. The summed E-state index contributed by atoms with van der Waals surface area (Å²) in [7, 11) is 0. The summed E-state index contributed by atoms with van der Waals surface area (Å²) in [5, 5.41) is 5.15. The molecule has 0 unspecified atom stereocenters. The molecule has 0 N–H and O–H groups in total. The highest BCUT2D eigenvalue weighted by atomic mass is 32.1. The van der Waals surface area contributed by atoms with E-state index in [0.717, 1.165) is 49.1 Å². The van der Waals surface area contributed by atoms with E-state index in [1.54, 1.807) is 0 Å². The number of hydrogen-bond donors (Lipinski definition) is 0. The number of aryl methyl sites for hydroxylation is 2. The van der Waals surface area contributed by atoms with E-state index in [9.17, 15) is 0 Å². The van der Waals surface area contributed by atoms with Crippen molar-refractivity contribution in [3.05, 3.63) is 41.5 Å². The molecule has 0 radical (unpaired) electrons. The second kappa shape index (κ2) is 7.51. The van der Waals surface area contributed by atoms with Crippen molar-refractivity contribution in [1.82, 2.24) is 24.4 Å². The van der Waals surface area contributed by atoms with Crippen LogP contribution in [0.4, 0.5) is 5.13 Å². The van der Waals surface area contributed by atoms with Crippen molar-refractivity contribution in [3.8, 4) is 11.4 Å². The van der Waals surface area contributed by atoms with Gasteiger partial charge in [-0.1, -0.05) is 41.9 Å². The minimum absolute atomic E-state index is 0.652. The lowest BCUT2D eigenvalue weighted by molar-refractivity contribution is 0.215. The minimum atomic E-state index is 0.652. The van der Waals surface area contributed by atoms with Crippen LogP contribution in [0.2, 0.25) is 0 Å². The zero-order valence-electron chi connectivity index (χ0n) is 15.1. The van der Waals surface area contributed by atoms with E-state index in [0.29, 0.717) is 18.3 Å². The summed E-state index contributed by atoms with van der Waals surface area (Å²) < 4.78 is 9.82. The number of benzene rings is 1. The normalized spacial score (nSPS) is 15.5. The van der Waals surface area contributed by atoms with Gasteiger partial charge in [0.2, 0.25) is 16.8 Å². The third kappa shape index (κ3) is 3.76. The predicted octanol–water partition coefficient (Wildman–Crippen LogP) is 2.78. The SMILES string of the molecule is CCc1nsc(N2CCN(Cc3nc(-c4ccc(C)cc4)no3)CC2)n1. The molecule has 0 amide bonds. The largest absolute Gasteiger partial charge is 0.344 e. The van der Waals surface area contributed by atoms with Crippen molar-refractivity contribution in [2.24, 2.45) is 0 Å². The lowest BCUT2D eigenvalue weighted by Crippen LogP contribution is -2.46. The summed E-state index contributed by atoms with van der Waals surface area (Å²) in [6.45, 7) is 8.61. The minimum Gasteiger partial charge on any atom is -0.344 e. The van der Waals surface area contributed by atoms with E-state index < -0.39 is 0 Å². The molecule has 7 nitrogen and oxygen atoms in total. The van der Waals surface area contributed by atoms with Gasteiger partial charge in [-0.05, 0) is 6.92 Å². The molecule has 1 saturated heterocycles. The number of nitrogens with zero attached hydrogens (tertiary/aromatic N) is 6. The molecule has 1 aliphatic heterocycles. The van der Waals surface area contributed by atoms with Crippen LogP contribution >= 0.6 is 11.5 Å². The molecule has 3 aromatic rings. The molecule has 4 rings (SSSR count). The van der Waals surface area contributed by atoms with Crippen LogP contribution in [0.5, 0.6) is 0 Å². The predicted molar refractivity (Wildman–Crippen MR) is 101 cm³/mol. The van der Waals surface area contributed by atoms with E-state index >= 15 is 0 Å². The zero-order chi connectivity index (χ0) is 17.9. The fraction of sp³-hybridized carbons (Fsp3) is 0.444. The maximum atomic E-state index is 5.44. The number of hydrogen-bond acceptors (Lipinski definition) is 8. The van der Waals surface area contributed by atoms with Gasteiger partial charge in [0.05, 0.1) is 6.54 Å². The van der Waals surface area contributed by atoms with Crippen molar-refractivity contribution >= 4 is 16.7 Å². The van der Waals surface area contributed by atoms with Gasteiger partial charge in [0.1, 0.15) is 5.82 Å². The Hall–Kier alpha value is -2.32. The molecule has 0 aliphatic carbocycles. The van der Waals surface area contributed by atoms with Crippen molar-refractivity contribution < 1.29 is 4.52 Å². The smallest absolute Gasteiger partial charge is 0.241 e. The Morgan fingerprint density at radius 1 is 1.08 bits per heavy atom. The molecule has 26 heavy (non-hydrogen) atoms. The number of piperazine rings is 1. The van der Waals surface area contributed by atoms with E-state index in [-0.39, 0.29) is 0 Å². The summed E-state index contributed by atoms with van der Waals surface area (Å²) in [6.07, 6.45) is 0.886. The lowest BCUT2D eigenvalue weighted by Gasteiger charge is -2.33. The van der Waals surface area contributed by atoms with Crippen LogP contribution in [-0.4, -0.2) is 50.6 Å². The first-order chi connectivity index (χ1) is 12.7. The summed E-state index contributed by atoms with van der Waals surface area (Å²) in [6, 6.07) is 8.16. The Kier molecular flexibility index (Phi) is 4.94. The Bertz CT molecular complexity index is 851. The molecular formula is C18H22N6OS. The highest BCUT2D eigenvalue weighted by molar-refractivity contribution is 7.09. The van der Waals surface area contributed by atoms with E-state index in [2.05, 4.69) is 55.3 Å². The second-order valence-electron chi connectivity index (χ2n) is 6.49. The van der Waals surface area contributed by atoms with Crippen molar-refractivity contribution in [1.29, 1.82) is 0 Å². The molecule has 0 spiro atoms. The van der Waals surface area contributed by atoms with Crippen LogP contribution in [0.1, 0.15) is 24.2 Å². The van der Waals surface area contributed by atoms with Crippen LogP contribution in [0.3, 0.4) is 0 Å². The molecular weight excluding hydrogens is 348 g/mol. The van der Waals surface area contributed by atoms with Gasteiger partial charge in [0, 0.05) is 49.7 Å². The van der Waals surface area contributed by atoms with Gasteiger partial charge in [-0.25, -0.2) is 4.98 Å². The van der Waals surface area contributed by atoms with Crippen LogP contribution in [0.15, 0.2) is 28.8 Å². The summed E-state index contributed by atoms with van der Waals surface area (Å²) >= 11 is 1.49. The van der Waals surface area contributed by atoms with Crippen LogP contribution in [0, 0.1) is 6.92 Å². The summed E-state index contributed by atoms with van der Waals surface area (Å²) in [4.78, 5) is 13.8. The Labute approximate surface area is 156 Å². The van der Waals surface area contributed by atoms with Gasteiger partial charge in [0.15, 0.2) is 0 Å². The van der Waals surface area contributed by atoms with Gasteiger partial charge >= 0.3 is 0 Å². The van der Waals surface area contributed by atoms with E-state index in [4.69, 9.17) is 4.52 Å². The third-order valence-corrected chi connectivity index (χ3v) is 5.37. The molecule has 1 aromatic carbocycles. The lowest BCUT2D eigenvalue weighted by atomic mass is 10.1. The van der Waals surface area contributed by atoms with Crippen molar-refractivity contribution in [2.75, 3.05) is 31.1 Å². The van der Waals surface area contributed by atoms with Gasteiger partial charge in [-0.3, -0.25) is 4.90 Å². The maximum absolute atomic E-state index is 5.44. The first-order valence-corrected chi connectivity index (χ1v) is 9.68. The highest BCUT2D eigenvalue weighted by Crippen LogP contribution is 2.21. The topological polar surface area (TPSA) is 71.2 Å². The summed E-state index contributed by atoms with van der Waals surface area (Å²) in [5.74, 6) is 2.25. The average molecular weight is 370 g/mol. The Morgan fingerprint density at radius 3 is 2.54 bits per heavy atom. The number of aromatic nitrogens is 4. The fourth-order valence-electron chi connectivity index (χ4n) is 2.94. The molecule has 136 valence electrons. The molecule has 8 heteroatoms. The van der Waals surface area contributed by atoms with E-state index in [1.807, 2.05) is 12.1 Å². The Balaban J connectivity index is 1.34. The number of rotatable bonds is 5. The number of anilines is 1. The fourth-order valence-corrected chi connectivity index (χ4v) is 3.75. The van der Waals surface area contributed by atoms with Crippen LogP contribution in [-0.2, 0) is 13.0 Å².